The van der Waals surface area contributed by atoms with E-state index in [0.29, 0.717) is 0 Å². The van der Waals surface area contributed by atoms with Crippen molar-refractivity contribution in [1.29, 1.82) is 0 Å². The maximum absolute atomic E-state index is 6.71. The van der Waals surface area contributed by atoms with Crippen molar-refractivity contribution < 1.29 is 4.74 Å². The minimum atomic E-state index is 0.782. The maximum Gasteiger partial charge on any atom is 0.137 e. The van der Waals surface area contributed by atoms with Crippen LogP contribution in [0, 0.1) is 0 Å². The lowest BCUT2D eigenvalue weighted by Gasteiger charge is -2.31. The summed E-state index contributed by atoms with van der Waals surface area (Å²) in [5.41, 5.74) is 12.1. The van der Waals surface area contributed by atoms with Gasteiger partial charge >= 0.3 is 0 Å². The lowest BCUT2D eigenvalue weighted by atomic mass is 9.89. The Morgan fingerprint density at radius 3 is 1.22 bits per heavy atom. The van der Waals surface area contributed by atoms with Crippen molar-refractivity contribution in [3.8, 4) is 56.0 Å². The summed E-state index contributed by atoms with van der Waals surface area (Å²) >= 11 is 0. The average molecular weight is 642 g/mol. The standard InChI is InChI=1S/C48H35NO/c1-7-19-36(20-8-1)40-33-45(38-23-11-3-12-24-38)48(46(34-40)39-25-13-4-14-26-39)49(41-27-15-5-16-28-41)42-31-32-44(37-21-9-2-10-22-37)47(35-42)50-43-29-17-6-18-30-43/h1-35H. The van der Waals surface area contributed by atoms with Crippen LogP contribution in [0.4, 0.5) is 17.1 Å². The van der Waals surface area contributed by atoms with Crippen LogP contribution >= 0.6 is 0 Å². The molecule has 0 fully saturated rings. The van der Waals surface area contributed by atoms with Crippen molar-refractivity contribution in [3.05, 3.63) is 212 Å². The van der Waals surface area contributed by atoms with E-state index in [4.69, 9.17) is 4.74 Å². The van der Waals surface area contributed by atoms with Crippen LogP contribution in [0.15, 0.2) is 212 Å². The molecule has 0 saturated carbocycles. The fourth-order valence-electron chi connectivity index (χ4n) is 6.54. The lowest BCUT2D eigenvalue weighted by molar-refractivity contribution is 0.484. The number of benzene rings is 8. The fourth-order valence-corrected chi connectivity index (χ4v) is 6.54. The average Bonchev–Trinajstić information content (AvgIpc) is 3.20. The van der Waals surface area contributed by atoms with Crippen LogP contribution in [-0.2, 0) is 0 Å². The summed E-state index contributed by atoms with van der Waals surface area (Å²) in [5, 5.41) is 0. The third-order valence-electron chi connectivity index (χ3n) is 8.90. The zero-order valence-corrected chi connectivity index (χ0v) is 27.6. The molecule has 8 rings (SSSR count). The molecule has 0 heterocycles. The Kier molecular flexibility index (Phi) is 8.73. The van der Waals surface area contributed by atoms with E-state index in [1.54, 1.807) is 0 Å². The predicted molar refractivity (Wildman–Crippen MR) is 209 cm³/mol. The summed E-state index contributed by atoms with van der Waals surface area (Å²) in [6, 6.07) is 74.4. The van der Waals surface area contributed by atoms with E-state index in [0.717, 1.165) is 67.5 Å². The second kappa shape index (κ2) is 14.2. The van der Waals surface area contributed by atoms with Crippen molar-refractivity contribution in [2.24, 2.45) is 0 Å². The van der Waals surface area contributed by atoms with Gasteiger partial charge in [0.2, 0.25) is 0 Å². The van der Waals surface area contributed by atoms with Crippen molar-refractivity contribution >= 4 is 17.1 Å². The summed E-state index contributed by atoms with van der Waals surface area (Å²) in [7, 11) is 0. The molecule has 0 saturated heterocycles. The molecule has 0 aliphatic carbocycles. The molecule has 0 bridgehead atoms. The van der Waals surface area contributed by atoms with Crippen LogP contribution in [-0.4, -0.2) is 0 Å². The molecule has 0 aliphatic heterocycles. The van der Waals surface area contributed by atoms with E-state index in [9.17, 15) is 0 Å². The first kappa shape index (κ1) is 30.7. The summed E-state index contributed by atoms with van der Waals surface area (Å²) in [5.74, 6) is 1.57. The fraction of sp³-hybridized carbons (Fsp3) is 0. The Morgan fingerprint density at radius 2 is 0.720 bits per heavy atom. The first-order valence-corrected chi connectivity index (χ1v) is 16.9. The van der Waals surface area contributed by atoms with Crippen molar-refractivity contribution in [1.82, 2.24) is 0 Å². The molecule has 2 nitrogen and oxygen atoms in total. The van der Waals surface area contributed by atoms with Crippen LogP contribution in [0.5, 0.6) is 11.5 Å². The van der Waals surface area contributed by atoms with Gasteiger partial charge in [-0.25, -0.2) is 0 Å². The normalized spacial score (nSPS) is 10.8. The maximum atomic E-state index is 6.71. The van der Waals surface area contributed by atoms with Crippen molar-refractivity contribution in [2.75, 3.05) is 4.90 Å². The van der Waals surface area contributed by atoms with Crippen molar-refractivity contribution in [2.45, 2.75) is 0 Å². The van der Waals surface area contributed by atoms with Gasteiger partial charge in [-0.05, 0) is 76.3 Å². The molecular weight excluding hydrogens is 607 g/mol. The van der Waals surface area contributed by atoms with E-state index < -0.39 is 0 Å². The molecule has 238 valence electrons. The van der Waals surface area contributed by atoms with Gasteiger partial charge in [0.15, 0.2) is 0 Å². The summed E-state index contributed by atoms with van der Waals surface area (Å²) in [4.78, 5) is 2.38. The first-order valence-electron chi connectivity index (χ1n) is 16.9. The van der Waals surface area contributed by atoms with E-state index in [1.807, 2.05) is 36.4 Å². The second-order valence-corrected chi connectivity index (χ2v) is 12.2. The monoisotopic (exact) mass is 641 g/mol. The highest BCUT2D eigenvalue weighted by molar-refractivity contribution is 6.00. The van der Waals surface area contributed by atoms with E-state index >= 15 is 0 Å². The zero-order valence-electron chi connectivity index (χ0n) is 27.6. The van der Waals surface area contributed by atoms with E-state index in [-0.39, 0.29) is 0 Å². The SMILES string of the molecule is c1ccc(Oc2cc(N(c3ccccc3)c3c(-c4ccccc4)cc(-c4ccccc4)cc3-c3ccccc3)ccc2-c2ccccc2)cc1. The van der Waals surface area contributed by atoms with Crippen LogP contribution < -0.4 is 9.64 Å². The minimum absolute atomic E-state index is 0.782. The van der Waals surface area contributed by atoms with E-state index in [1.165, 1.54) is 5.56 Å². The third-order valence-corrected chi connectivity index (χ3v) is 8.90. The molecule has 0 aromatic heterocycles. The van der Waals surface area contributed by atoms with Gasteiger partial charge in [0.05, 0.1) is 5.69 Å². The van der Waals surface area contributed by atoms with Crippen LogP contribution in [0.25, 0.3) is 44.5 Å². The number of nitrogens with zero attached hydrogens (tertiary/aromatic N) is 1. The Balaban J connectivity index is 1.43. The topological polar surface area (TPSA) is 12.5 Å². The summed E-state index contributed by atoms with van der Waals surface area (Å²) in [6.45, 7) is 0. The van der Waals surface area contributed by atoms with Gasteiger partial charge in [0.1, 0.15) is 11.5 Å². The van der Waals surface area contributed by atoms with Gasteiger partial charge in [-0.2, -0.15) is 0 Å². The molecule has 2 heteroatoms. The van der Waals surface area contributed by atoms with Gasteiger partial charge in [0, 0.05) is 34.1 Å². The molecular formula is C48H35NO. The van der Waals surface area contributed by atoms with Gasteiger partial charge in [-0.3, -0.25) is 0 Å². The highest BCUT2D eigenvalue weighted by atomic mass is 16.5. The van der Waals surface area contributed by atoms with Crippen LogP contribution in [0.2, 0.25) is 0 Å². The molecule has 8 aromatic carbocycles. The Labute approximate surface area is 294 Å². The first-order chi connectivity index (χ1) is 24.8. The Morgan fingerprint density at radius 1 is 0.300 bits per heavy atom. The van der Waals surface area contributed by atoms with Gasteiger partial charge in [-0.15, -0.1) is 0 Å². The minimum Gasteiger partial charge on any atom is -0.457 e. The number of ether oxygens (including phenoxy) is 1. The molecule has 0 amide bonds. The molecule has 0 unspecified atom stereocenters. The largest absolute Gasteiger partial charge is 0.457 e. The van der Waals surface area contributed by atoms with E-state index in [2.05, 4.69) is 181 Å². The van der Waals surface area contributed by atoms with Crippen molar-refractivity contribution in [3.63, 3.8) is 0 Å². The highest BCUT2D eigenvalue weighted by Crippen LogP contribution is 2.50. The van der Waals surface area contributed by atoms with Crippen LogP contribution in [0.3, 0.4) is 0 Å². The number of rotatable bonds is 9. The number of anilines is 3. The Hall–Kier alpha value is -6.64. The molecule has 0 radical (unpaired) electrons. The molecule has 0 N–H and O–H groups in total. The summed E-state index contributed by atoms with van der Waals surface area (Å²) in [6.07, 6.45) is 0. The smallest absolute Gasteiger partial charge is 0.137 e. The highest BCUT2D eigenvalue weighted by Gasteiger charge is 2.24. The number of hydrogen-bond acceptors (Lipinski definition) is 2. The van der Waals surface area contributed by atoms with Gasteiger partial charge < -0.3 is 9.64 Å². The van der Waals surface area contributed by atoms with Gasteiger partial charge in [-0.1, -0.05) is 158 Å². The number of hydrogen-bond donors (Lipinski definition) is 0. The molecule has 50 heavy (non-hydrogen) atoms. The van der Waals surface area contributed by atoms with Crippen LogP contribution in [0.1, 0.15) is 0 Å². The van der Waals surface area contributed by atoms with Gasteiger partial charge in [0.25, 0.3) is 0 Å². The molecule has 0 aliphatic rings. The predicted octanol–water partition coefficient (Wildman–Crippen LogP) is 13.6. The second-order valence-electron chi connectivity index (χ2n) is 12.2. The molecule has 0 spiro atoms. The molecule has 8 aromatic rings. The third kappa shape index (κ3) is 6.43. The molecule has 0 atom stereocenters. The Bertz CT molecular complexity index is 2250. The lowest BCUT2D eigenvalue weighted by Crippen LogP contribution is -2.13. The summed E-state index contributed by atoms with van der Waals surface area (Å²) < 4.78 is 6.71. The quantitative estimate of drug-likeness (QED) is 0.155. The zero-order chi connectivity index (χ0) is 33.5. The number of para-hydroxylation sites is 2.